The molecular weight excluding hydrogens is 476 g/mol. The molecule has 1 atom stereocenters. The van der Waals surface area contributed by atoms with E-state index in [-0.39, 0.29) is 17.7 Å². The first-order valence-corrected chi connectivity index (χ1v) is 11.7. The molecule has 1 aliphatic heterocycles. The highest BCUT2D eigenvalue weighted by Gasteiger charge is 2.35. The predicted molar refractivity (Wildman–Crippen MR) is 131 cm³/mol. The van der Waals surface area contributed by atoms with Crippen LogP contribution in [0.1, 0.15) is 31.0 Å². The van der Waals surface area contributed by atoms with Gasteiger partial charge in [0.15, 0.2) is 4.80 Å². The zero-order chi connectivity index (χ0) is 24.4. The first-order chi connectivity index (χ1) is 16.4. The number of carbonyl (C=O) groups excluding carboxylic acids is 1. The van der Waals surface area contributed by atoms with Gasteiger partial charge in [0, 0.05) is 10.6 Å². The number of hydrogen-bond donors (Lipinski definition) is 0. The van der Waals surface area contributed by atoms with Gasteiger partial charge in [0.25, 0.3) is 5.56 Å². The van der Waals surface area contributed by atoms with E-state index in [0.717, 1.165) is 0 Å². The van der Waals surface area contributed by atoms with Crippen LogP contribution in [0.2, 0.25) is 5.02 Å². The van der Waals surface area contributed by atoms with Crippen LogP contribution in [0.15, 0.2) is 63.5 Å². The smallest absolute Gasteiger partial charge is 0.338 e. The van der Waals surface area contributed by atoms with Crippen LogP contribution in [0.4, 0.5) is 0 Å². The number of ether oxygens (including phenoxy) is 3. The van der Waals surface area contributed by atoms with E-state index in [9.17, 15) is 9.59 Å². The number of methoxy groups -OCH3 is 2. The Bertz CT molecular complexity index is 1470. The topological polar surface area (TPSA) is 79.1 Å². The van der Waals surface area contributed by atoms with Crippen LogP contribution in [-0.4, -0.2) is 31.4 Å². The van der Waals surface area contributed by atoms with E-state index in [1.165, 1.54) is 23.0 Å². The molecule has 0 saturated heterocycles. The molecule has 0 spiro atoms. The molecule has 0 N–H and O–H groups in total. The van der Waals surface area contributed by atoms with Crippen LogP contribution in [0.3, 0.4) is 0 Å². The number of allylic oxidation sites excluding steroid dienone is 1. The molecule has 9 heteroatoms. The number of rotatable bonds is 6. The van der Waals surface area contributed by atoms with Gasteiger partial charge in [-0.25, -0.2) is 9.79 Å². The Morgan fingerprint density at radius 3 is 2.65 bits per heavy atom. The summed E-state index contributed by atoms with van der Waals surface area (Å²) < 4.78 is 18.3. The molecule has 1 unspecified atom stereocenters. The molecule has 4 rings (SSSR count). The summed E-state index contributed by atoms with van der Waals surface area (Å²) in [4.78, 5) is 31.8. The lowest BCUT2D eigenvalue weighted by molar-refractivity contribution is -0.139. The van der Waals surface area contributed by atoms with Crippen LogP contribution in [0.25, 0.3) is 6.08 Å². The molecule has 0 radical (unpaired) electrons. The van der Waals surface area contributed by atoms with Crippen molar-refractivity contribution in [1.82, 2.24) is 4.57 Å². The van der Waals surface area contributed by atoms with Crippen LogP contribution >= 0.6 is 22.9 Å². The molecule has 3 aromatic rings. The zero-order valence-electron chi connectivity index (χ0n) is 19.1. The Labute approximate surface area is 205 Å². The number of nitrogens with zero attached hydrogens (tertiary/aromatic N) is 2. The first kappa shape index (κ1) is 23.8. The van der Waals surface area contributed by atoms with E-state index in [0.29, 0.717) is 42.7 Å². The van der Waals surface area contributed by atoms with E-state index in [1.807, 2.05) is 18.2 Å². The van der Waals surface area contributed by atoms with Gasteiger partial charge in [0.2, 0.25) is 0 Å². The summed E-state index contributed by atoms with van der Waals surface area (Å²) in [5.74, 6) is 0.522. The van der Waals surface area contributed by atoms with Crippen LogP contribution in [-0.2, 0) is 9.53 Å². The lowest BCUT2D eigenvalue weighted by atomic mass is 9.94. The maximum atomic E-state index is 13.7. The second kappa shape index (κ2) is 9.87. The molecular formula is C25H23ClN2O5S. The highest BCUT2D eigenvalue weighted by molar-refractivity contribution is 7.07. The van der Waals surface area contributed by atoms with Crippen molar-refractivity contribution in [2.24, 2.45) is 4.99 Å². The number of carbonyl (C=O) groups is 1. The third-order valence-corrected chi connectivity index (χ3v) is 6.77. The minimum atomic E-state index is -0.811. The monoisotopic (exact) mass is 498 g/mol. The summed E-state index contributed by atoms with van der Waals surface area (Å²) in [5.41, 5.74) is 1.74. The van der Waals surface area contributed by atoms with Gasteiger partial charge >= 0.3 is 5.97 Å². The number of halogens is 1. The number of thiazole rings is 1. The molecule has 2 heterocycles. The van der Waals surface area contributed by atoms with E-state index in [2.05, 4.69) is 4.99 Å². The number of aromatic nitrogens is 1. The van der Waals surface area contributed by atoms with Gasteiger partial charge in [-0.05, 0) is 49.8 Å². The normalized spacial score (nSPS) is 15.6. The quantitative estimate of drug-likeness (QED) is 0.486. The highest BCUT2D eigenvalue weighted by atomic mass is 35.5. The average molecular weight is 499 g/mol. The summed E-state index contributed by atoms with van der Waals surface area (Å²) in [7, 11) is 3.08. The van der Waals surface area contributed by atoms with E-state index >= 15 is 0 Å². The minimum absolute atomic E-state index is 0.189. The fraction of sp³-hybridized carbons (Fsp3) is 0.240. The largest absolute Gasteiger partial charge is 0.497 e. The molecule has 34 heavy (non-hydrogen) atoms. The highest BCUT2D eigenvalue weighted by Crippen LogP contribution is 2.37. The van der Waals surface area contributed by atoms with Gasteiger partial charge in [-0.2, -0.15) is 0 Å². The summed E-state index contributed by atoms with van der Waals surface area (Å²) in [5, 5.41) is 0.530. The van der Waals surface area contributed by atoms with Gasteiger partial charge in [0.1, 0.15) is 17.5 Å². The van der Waals surface area contributed by atoms with Crippen molar-refractivity contribution in [2.75, 3.05) is 20.8 Å². The van der Waals surface area contributed by atoms with Gasteiger partial charge in [0.05, 0.1) is 36.6 Å². The minimum Gasteiger partial charge on any atom is -0.497 e. The molecule has 176 valence electrons. The summed E-state index contributed by atoms with van der Waals surface area (Å²) >= 11 is 7.54. The summed E-state index contributed by atoms with van der Waals surface area (Å²) in [6, 6.07) is 11.7. The fourth-order valence-corrected chi connectivity index (χ4v) is 5.10. The molecule has 7 nitrogen and oxygen atoms in total. The molecule has 0 bridgehead atoms. The maximum absolute atomic E-state index is 13.7. The maximum Gasteiger partial charge on any atom is 0.338 e. The van der Waals surface area contributed by atoms with Crippen molar-refractivity contribution in [1.29, 1.82) is 0 Å². The third-order valence-electron chi connectivity index (χ3n) is 5.44. The number of hydrogen-bond acceptors (Lipinski definition) is 7. The summed E-state index contributed by atoms with van der Waals surface area (Å²) in [6.45, 7) is 3.65. The SMILES string of the molecule is CCOC(=O)C1=C(C)N=c2s/c(=C\c3ccccc3Cl)c(=O)n2C1c1cc(OC)ccc1OC. The number of benzene rings is 2. The van der Waals surface area contributed by atoms with Crippen LogP contribution < -0.4 is 24.4 Å². The second-order valence-electron chi connectivity index (χ2n) is 7.43. The van der Waals surface area contributed by atoms with Crippen molar-refractivity contribution in [3.63, 3.8) is 0 Å². The van der Waals surface area contributed by atoms with E-state index in [4.69, 9.17) is 25.8 Å². The number of fused-ring (bicyclic) bond motifs is 1. The van der Waals surface area contributed by atoms with Crippen LogP contribution in [0.5, 0.6) is 11.5 Å². The predicted octanol–water partition coefficient (Wildman–Crippen LogP) is 3.47. The van der Waals surface area contributed by atoms with Crippen molar-refractivity contribution < 1.29 is 19.0 Å². The standard InChI is InChI=1S/C25H23ClN2O5S/c1-5-33-24(30)21-14(2)27-25-28(22(21)17-13-16(31-3)10-11-19(17)32-4)23(29)20(34-25)12-15-8-6-7-9-18(15)26/h6-13,22H,5H2,1-4H3/b20-12-. The van der Waals surface area contributed by atoms with Crippen molar-refractivity contribution in [3.8, 4) is 11.5 Å². The summed E-state index contributed by atoms with van der Waals surface area (Å²) in [6.07, 6.45) is 1.73. The molecule has 0 saturated carbocycles. The molecule has 0 amide bonds. The molecule has 0 aliphatic carbocycles. The van der Waals surface area contributed by atoms with Gasteiger partial charge in [-0.3, -0.25) is 9.36 Å². The van der Waals surface area contributed by atoms with Gasteiger partial charge in [-0.15, -0.1) is 0 Å². The molecule has 2 aromatic carbocycles. The van der Waals surface area contributed by atoms with Gasteiger partial charge < -0.3 is 14.2 Å². The average Bonchev–Trinajstić information content (AvgIpc) is 3.13. The van der Waals surface area contributed by atoms with Gasteiger partial charge in [-0.1, -0.05) is 41.1 Å². The Kier molecular flexibility index (Phi) is 6.90. The number of esters is 1. The first-order valence-electron chi connectivity index (χ1n) is 10.6. The second-order valence-corrected chi connectivity index (χ2v) is 8.85. The van der Waals surface area contributed by atoms with Crippen molar-refractivity contribution in [2.45, 2.75) is 19.9 Å². The molecule has 0 fully saturated rings. The Morgan fingerprint density at radius 2 is 1.97 bits per heavy atom. The van der Waals surface area contributed by atoms with E-state index in [1.54, 1.807) is 51.3 Å². The lowest BCUT2D eigenvalue weighted by Crippen LogP contribution is -2.40. The zero-order valence-corrected chi connectivity index (χ0v) is 20.7. The molecule has 1 aliphatic rings. The van der Waals surface area contributed by atoms with Crippen molar-refractivity contribution in [3.05, 3.63) is 89.6 Å². The Balaban J connectivity index is 2.03. The fourth-order valence-electron chi connectivity index (χ4n) is 3.87. The van der Waals surface area contributed by atoms with E-state index < -0.39 is 12.0 Å². The van der Waals surface area contributed by atoms with Crippen LogP contribution in [0, 0.1) is 0 Å². The van der Waals surface area contributed by atoms with Crippen molar-refractivity contribution >= 4 is 35.0 Å². The molecule has 1 aromatic heterocycles. The lowest BCUT2D eigenvalue weighted by Gasteiger charge is -2.26. The Hall–Kier alpha value is -3.36. The Morgan fingerprint density at radius 1 is 1.21 bits per heavy atom. The third kappa shape index (κ3) is 4.26.